The van der Waals surface area contributed by atoms with Gasteiger partial charge in [-0.1, -0.05) is 11.6 Å². The summed E-state index contributed by atoms with van der Waals surface area (Å²) in [4.78, 5) is 23.8. The van der Waals surface area contributed by atoms with Crippen LogP contribution in [0.5, 0.6) is 0 Å². The maximum absolute atomic E-state index is 12.2. The summed E-state index contributed by atoms with van der Waals surface area (Å²) < 4.78 is 11.5. The van der Waals surface area contributed by atoms with Crippen molar-refractivity contribution in [2.24, 2.45) is 0 Å². The molecule has 8 nitrogen and oxygen atoms in total. The minimum Gasteiger partial charge on any atom is -0.461 e. The summed E-state index contributed by atoms with van der Waals surface area (Å²) >= 11 is 0. The number of anilines is 1. The SMILES string of the molecule is CCOC(=O)c1nnn(C(C)C(=O)OC2CCCCC2)c1N. The molecule has 2 N–H and O–H groups in total. The van der Waals surface area contributed by atoms with E-state index in [1.165, 1.54) is 11.1 Å². The van der Waals surface area contributed by atoms with E-state index in [0.29, 0.717) is 0 Å². The van der Waals surface area contributed by atoms with E-state index in [-0.39, 0.29) is 24.2 Å². The van der Waals surface area contributed by atoms with E-state index < -0.39 is 18.0 Å². The van der Waals surface area contributed by atoms with Crippen LogP contribution < -0.4 is 5.73 Å². The number of hydrogen-bond acceptors (Lipinski definition) is 7. The molecule has 1 aliphatic carbocycles. The van der Waals surface area contributed by atoms with Gasteiger partial charge in [0, 0.05) is 0 Å². The van der Waals surface area contributed by atoms with Gasteiger partial charge in [-0.2, -0.15) is 0 Å². The van der Waals surface area contributed by atoms with Gasteiger partial charge in [-0.3, -0.25) is 0 Å². The monoisotopic (exact) mass is 310 g/mol. The smallest absolute Gasteiger partial charge is 0.362 e. The molecule has 2 rings (SSSR count). The van der Waals surface area contributed by atoms with Gasteiger partial charge in [0.2, 0.25) is 5.69 Å². The Morgan fingerprint density at radius 1 is 1.36 bits per heavy atom. The summed E-state index contributed by atoms with van der Waals surface area (Å²) in [6, 6.07) is -0.738. The van der Waals surface area contributed by atoms with Crippen LogP contribution in [0, 0.1) is 0 Å². The summed E-state index contributed by atoms with van der Waals surface area (Å²) in [6.07, 6.45) is 5.06. The van der Waals surface area contributed by atoms with Crippen molar-refractivity contribution in [2.75, 3.05) is 12.3 Å². The molecule has 0 aliphatic heterocycles. The van der Waals surface area contributed by atoms with E-state index >= 15 is 0 Å². The maximum Gasteiger partial charge on any atom is 0.362 e. The van der Waals surface area contributed by atoms with Gasteiger partial charge in [0.05, 0.1) is 6.61 Å². The molecule has 1 heterocycles. The lowest BCUT2D eigenvalue weighted by Gasteiger charge is -2.23. The fourth-order valence-corrected chi connectivity index (χ4v) is 2.48. The lowest BCUT2D eigenvalue weighted by Crippen LogP contribution is -2.27. The molecule has 1 aromatic rings. The quantitative estimate of drug-likeness (QED) is 0.820. The zero-order valence-electron chi connectivity index (χ0n) is 12.9. The molecular weight excluding hydrogens is 288 g/mol. The van der Waals surface area contributed by atoms with Crippen LogP contribution >= 0.6 is 0 Å². The molecule has 0 aromatic carbocycles. The van der Waals surface area contributed by atoms with E-state index in [9.17, 15) is 9.59 Å². The standard InChI is InChI=1S/C14H22N4O4/c1-3-21-14(20)11-12(15)18(17-16-11)9(2)13(19)22-10-7-5-4-6-8-10/h9-10H,3-8,15H2,1-2H3. The van der Waals surface area contributed by atoms with Crippen LogP contribution in [0.4, 0.5) is 5.82 Å². The molecular formula is C14H22N4O4. The summed E-state index contributed by atoms with van der Waals surface area (Å²) in [5.74, 6) is -1.07. The third kappa shape index (κ3) is 3.55. The first-order valence-corrected chi connectivity index (χ1v) is 7.62. The number of ether oxygens (including phenoxy) is 2. The third-order valence-corrected chi connectivity index (χ3v) is 3.74. The second kappa shape index (κ2) is 7.24. The minimum atomic E-state index is -0.738. The Hall–Kier alpha value is -2.12. The Labute approximate surface area is 128 Å². The van der Waals surface area contributed by atoms with Crippen molar-refractivity contribution in [1.82, 2.24) is 15.0 Å². The summed E-state index contributed by atoms with van der Waals surface area (Å²) in [5.41, 5.74) is 5.75. The second-order valence-electron chi connectivity index (χ2n) is 5.36. The molecule has 22 heavy (non-hydrogen) atoms. The summed E-state index contributed by atoms with van der Waals surface area (Å²) in [5, 5.41) is 7.46. The number of aromatic nitrogens is 3. The van der Waals surface area contributed by atoms with E-state index in [0.717, 1.165) is 25.7 Å². The van der Waals surface area contributed by atoms with Crippen LogP contribution in [0.3, 0.4) is 0 Å². The predicted molar refractivity (Wildman–Crippen MR) is 78.1 cm³/mol. The first kappa shape index (κ1) is 16.3. The molecule has 1 unspecified atom stereocenters. The van der Waals surface area contributed by atoms with Gasteiger partial charge in [0.15, 0.2) is 11.9 Å². The van der Waals surface area contributed by atoms with Gasteiger partial charge < -0.3 is 15.2 Å². The highest BCUT2D eigenvalue weighted by molar-refractivity contribution is 5.92. The molecule has 0 saturated heterocycles. The molecule has 0 spiro atoms. The number of rotatable bonds is 5. The summed E-state index contributed by atoms with van der Waals surface area (Å²) in [6.45, 7) is 3.51. The van der Waals surface area contributed by atoms with E-state index in [4.69, 9.17) is 15.2 Å². The first-order chi connectivity index (χ1) is 10.5. The number of nitrogens with two attached hydrogens (primary N) is 1. The molecule has 1 saturated carbocycles. The van der Waals surface area contributed by atoms with E-state index in [1.807, 2.05) is 0 Å². The van der Waals surface area contributed by atoms with Gasteiger partial charge in [-0.25, -0.2) is 14.3 Å². The molecule has 122 valence electrons. The maximum atomic E-state index is 12.2. The van der Waals surface area contributed by atoms with Crippen molar-refractivity contribution in [3.63, 3.8) is 0 Å². The number of esters is 2. The van der Waals surface area contributed by atoms with Crippen molar-refractivity contribution in [1.29, 1.82) is 0 Å². The van der Waals surface area contributed by atoms with Gasteiger partial charge in [-0.15, -0.1) is 5.10 Å². The number of hydrogen-bond donors (Lipinski definition) is 1. The van der Waals surface area contributed by atoms with Crippen molar-refractivity contribution in [3.05, 3.63) is 5.69 Å². The molecule has 8 heteroatoms. The molecule has 1 fully saturated rings. The highest BCUT2D eigenvalue weighted by atomic mass is 16.5. The largest absolute Gasteiger partial charge is 0.461 e. The zero-order chi connectivity index (χ0) is 16.1. The lowest BCUT2D eigenvalue weighted by molar-refractivity contribution is -0.154. The second-order valence-corrected chi connectivity index (χ2v) is 5.36. The van der Waals surface area contributed by atoms with Crippen LogP contribution in [0.15, 0.2) is 0 Å². The average molecular weight is 310 g/mol. The number of carbonyl (C=O) groups excluding carboxylic acids is 2. The van der Waals surface area contributed by atoms with Crippen LogP contribution in [0.2, 0.25) is 0 Å². The fourth-order valence-electron chi connectivity index (χ4n) is 2.48. The van der Waals surface area contributed by atoms with Crippen LogP contribution in [-0.2, 0) is 14.3 Å². The van der Waals surface area contributed by atoms with Gasteiger partial charge in [-0.05, 0) is 39.5 Å². The minimum absolute atomic E-state index is 0.00606. The Morgan fingerprint density at radius 2 is 2.05 bits per heavy atom. The van der Waals surface area contributed by atoms with Gasteiger partial charge >= 0.3 is 11.9 Å². The van der Waals surface area contributed by atoms with E-state index in [1.54, 1.807) is 13.8 Å². The van der Waals surface area contributed by atoms with E-state index in [2.05, 4.69) is 10.3 Å². The van der Waals surface area contributed by atoms with Gasteiger partial charge in [0.1, 0.15) is 6.10 Å². The Bertz CT molecular complexity index is 537. The molecule has 0 bridgehead atoms. The molecule has 1 atom stereocenters. The molecule has 0 amide bonds. The van der Waals surface area contributed by atoms with Crippen molar-refractivity contribution in [2.45, 2.75) is 58.1 Å². The zero-order valence-corrected chi connectivity index (χ0v) is 12.9. The molecule has 0 radical (unpaired) electrons. The molecule has 1 aliphatic rings. The molecule has 1 aromatic heterocycles. The van der Waals surface area contributed by atoms with Crippen molar-refractivity contribution >= 4 is 17.8 Å². The number of carbonyl (C=O) groups is 2. The van der Waals surface area contributed by atoms with Crippen LogP contribution in [-0.4, -0.2) is 39.6 Å². The lowest BCUT2D eigenvalue weighted by atomic mass is 9.98. The highest BCUT2D eigenvalue weighted by Gasteiger charge is 2.27. The normalized spacial score (nSPS) is 17.0. The average Bonchev–Trinajstić information content (AvgIpc) is 2.89. The Balaban J connectivity index is 2.03. The van der Waals surface area contributed by atoms with Crippen LogP contribution in [0.1, 0.15) is 62.5 Å². The first-order valence-electron chi connectivity index (χ1n) is 7.62. The third-order valence-electron chi connectivity index (χ3n) is 3.74. The van der Waals surface area contributed by atoms with Gasteiger partial charge in [0.25, 0.3) is 0 Å². The predicted octanol–water partition coefficient (Wildman–Crippen LogP) is 1.47. The summed E-state index contributed by atoms with van der Waals surface area (Å²) in [7, 11) is 0. The van der Waals surface area contributed by atoms with Crippen molar-refractivity contribution < 1.29 is 19.1 Å². The van der Waals surface area contributed by atoms with Crippen molar-refractivity contribution in [3.8, 4) is 0 Å². The Morgan fingerprint density at radius 3 is 2.68 bits per heavy atom. The highest BCUT2D eigenvalue weighted by Crippen LogP contribution is 2.23. The van der Waals surface area contributed by atoms with Crippen LogP contribution in [0.25, 0.3) is 0 Å². The number of nitrogen functional groups attached to an aromatic ring is 1. The Kier molecular flexibility index (Phi) is 5.35. The number of nitrogens with zero attached hydrogens (tertiary/aromatic N) is 3. The topological polar surface area (TPSA) is 109 Å². The fraction of sp³-hybridized carbons (Fsp3) is 0.714.